The lowest BCUT2D eigenvalue weighted by molar-refractivity contribution is -0.173. The van der Waals surface area contributed by atoms with Crippen LogP contribution in [0.2, 0.25) is 0 Å². The van der Waals surface area contributed by atoms with Gasteiger partial charge < -0.3 is 35.5 Å². The number of unbranched alkanes of at least 4 members (excludes halogenated alkanes) is 2. The van der Waals surface area contributed by atoms with Gasteiger partial charge in [0.05, 0.1) is 16.7 Å². The van der Waals surface area contributed by atoms with E-state index in [0.717, 1.165) is 90.8 Å². The van der Waals surface area contributed by atoms with Gasteiger partial charge in [-0.1, -0.05) is 38.8 Å². The fourth-order valence-electron chi connectivity index (χ4n) is 9.16. The Kier molecular flexibility index (Phi) is 8.06. The third kappa shape index (κ3) is 5.05. The summed E-state index contributed by atoms with van der Waals surface area (Å²) in [6, 6.07) is 10.3. The Morgan fingerprint density at radius 1 is 1.06 bits per heavy atom. The molecule has 3 aromatic rings. The molecular weight excluding hydrogens is 606 g/mol. The number of aliphatic hydroxyl groups is 1. The Balaban J connectivity index is 1.15. The van der Waals surface area contributed by atoms with Gasteiger partial charge in [-0.3, -0.25) is 4.90 Å². The molecule has 2 fully saturated rings. The monoisotopic (exact) mass is 655 g/mol. The molecule has 1 saturated heterocycles. The number of carbonyl (C=O) groups is 2. The molecule has 2 bridgehead atoms. The lowest BCUT2D eigenvalue weighted by Crippen LogP contribution is -2.74. The molecule has 3 aliphatic carbocycles. The van der Waals surface area contributed by atoms with Crippen molar-refractivity contribution in [2.75, 3.05) is 32.7 Å². The second kappa shape index (κ2) is 12.3. The molecule has 1 saturated carbocycles. The molecule has 256 valence electrons. The fourth-order valence-corrected chi connectivity index (χ4v) is 9.16. The van der Waals surface area contributed by atoms with Gasteiger partial charge in [0.2, 0.25) is 0 Å². The third-order valence-corrected chi connectivity index (χ3v) is 11.7. The molecule has 2 aliphatic heterocycles. The standard InChI is InChI=1S/C38H49N5O5/c1-3-5-15-39-35(44)40-17-13-23-9-11-28-26(19-23)27-21-38(46)30-20-25-10-12-29(47-36(45)41-16-6-4-2)33-31(25)37(38,34(48-33)32(27)42-28)14-18-43(30)22-24-7-8-24/h9-12,19,24,30,34,42,46H,3-8,13-18,20-22H2,1-2H3,(H,41,45)(H2,39,40,44)/t30-,34-,37-,38+/m0/s1. The van der Waals surface area contributed by atoms with Crippen LogP contribution in [-0.4, -0.2) is 71.5 Å². The maximum atomic E-state index is 13.3. The lowest BCUT2D eigenvalue weighted by atomic mass is 9.49. The minimum Gasteiger partial charge on any atom is -0.479 e. The SMILES string of the molecule is CCCCNC(=O)NCCc1ccc2[nH]c3c(c2c1)C[C@@]1(O)[C@@H]2Cc4ccc(OC(=O)NCCCC)c5c4[C@@]1(CCN2CC1CC1)[C@H]3O5. The average molecular weight is 656 g/mol. The summed E-state index contributed by atoms with van der Waals surface area (Å²) < 4.78 is 12.9. The van der Waals surface area contributed by atoms with Crippen molar-refractivity contribution in [3.63, 3.8) is 0 Å². The van der Waals surface area contributed by atoms with Gasteiger partial charge in [-0.2, -0.15) is 0 Å². The van der Waals surface area contributed by atoms with Crippen molar-refractivity contribution in [1.29, 1.82) is 0 Å². The number of aromatic amines is 1. The molecule has 3 heterocycles. The van der Waals surface area contributed by atoms with Gasteiger partial charge in [0.1, 0.15) is 0 Å². The van der Waals surface area contributed by atoms with Crippen LogP contribution in [0.5, 0.6) is 11.5 Å². The Morgan fingerprint density at radius 2 is 1.85 bits per heavy atom. The lowest BCUT2D eigenvalue weighted by Gasteiger charge is -2.62. The number of benzene rings is 2. The summed E-state index contributed by atoms with van der Waals surface area (Å²) in [7, 11) is 0. The number of hydrogen-bond acceptors (Lipinski definition) is 6. The highest BCUT2D eigenvalue weighted by molar-refractivity contribution is 5.87. The van der Waals surface area contributed by atoms with Gasteiger partial charge in [0.25, 0.3) is 0 Å². The maximum Gasteiger partial charge on any atom is 0.412 e. The number of amides is 3. The predicted molar refractivity (Wildman–Crippen MR) is 184 cm³/mol. The normalized spacial score (nSPS) is 26.4. The number of likely N-dealkylation sites (tertiary alicyclic amines) is 1. The number of hydrogen-bond donors (Lipinski definition) is 5. The van der Waals surface area contributed by atoms with E-state index in [0.29, 0.717) is 44.0 Å². The molecule has 10 heteroatoms. The number of rotatable bonds is 12. The molecule has 5 N–H and O–H groups in total. The van der Waals surface area contributed by atoms with E-state index in [1.165, 1.54) is 18.4 Å². The zero-order valence-corrected chi connectivity index (χ0v) is 28.3. The maximum absolute atomic E-state index is 13.3. The number of piperidine rings is 1. The Morgan fingerprint density at radius 3 is 2.65 bits per heavy atom. The van der Waals surface area contributed by atoms with Crippen LogP contribution in [0.25, 0.3) is 10.9 Å². The van der Waals surface area contributed by atoms with E-state index in [2.05, 4.69) is 63.9 Å². The number of nitrogens with zero attached hydrogens (tertiary/aromatic N) is 1. The zero-order chi connectivity index (χ0) is 33.0. The summed E-state index contributed by atoms with van der Waals surface area (Å²) in [6.45, 7) is 7.91. The van der Waals surface area contributed by atoms with Crippen LogP contribution in [0.1, 0.15) is 92.8 Å². The van der Waals surface area contributed by atoms with Crippen LogP contribution in [-0.2, 0) is 24.7 Å². The molecule has 0 radical (unpaired) electrons. The summed E-state index contributed by atoms with van der Waals surface area (Å²) in [5, 5.41) is 23.2. The first-order chi connectivity index (χ1) is 23.4. The highest BCUT2D eigenvalue weighted by Gasteiger charge is 2.73. The summed E-state index contributed by atoms with van der Waals surface area (Å²) in [6.07, 6.45) is 8.25. The summed E-state index contributed by atoms with van der Waals surface area (Å²) in [4.78, 5) is 31.3. The molecule has 2 aromatic carbocycles. The van der Waals surface area contributed by atoms with Gasteiger partial charge >= 0.3 is 12.1 Å². The number of ether oxygens (including phenoxy) is 2. The van der Waals surface area contributed by atoms with Gasteiger partial charge in [-0.05, 0) is 92.3 Å². The number of H-pyrrole nitrogens is 1. The molecular formula is C38H49N5O5. The van der Waals surface area contributed by atoms with Crippen molar-refractivity contribution < 1.29 is 24.2 Å². The first kappa shape index (κ1) is 31.5. The summed E-state index contributed by atoms with van der Waals surface area (Å²) in [5.41, 5.74) is 4.78. The predicted octanol–water partition coefficient (Wildman–Crippen LogP) is 5.40. The van der Waals surface area contributed by atoms with Crippen molar-refractivity contribution >= 4 is 23.0 Å². The number of nitrogens with one attached hydrogen (secondary N) is 4. The molecule has 1 spiro atoms. The number of aromatic nitrogens is 1. The van der Waals surface area contributed by atoms with Crippen molar-refractivity contribution in [3.05, 3.63) is 58.3 Å². The topological polar surface area (TPSA) is 128 Å². The Bertz CT molecular complexity index is 1730. The van der Waals surface area contributed by atoms with E-state index in [1.54, 1.807) is 0 Å². The second-order valence-electron chi connectivity index (χ2n) is 14.8. The van der Waals surface area contributed by atoms with Gasteiger partial charge in [-0.25, -0.2) is 9.59 Å². The largest absolute Gasteiger partial charge is 0.479 e. The van der Waals surface area contributed by atoms with Gasteiger partial charge in [-0.15, -0.1) is 0 Å². The third-order valence-electron chi connectivity index (χ3n) is 11.7. The van der Waals surface area contributed by atoms with E-state index in [1.807, 2.05) is 6.07 Å². The van der Waals surface area contributed by atoms with Crippen LogP contribution in [0.3, 0.4) is 0 Å². The van der Waals surface area contributed by atoms with Gasteiger partial charge in [0, 0.05) is 55.1 Å². The number of urea groups is 1. The molecule has 48 heavy (non-hydrogen) atoms. The highest BCUT2D eigenvalue weighted by atomic mass is 16.6. The molecule has 0 unspecified atom stereocenters. The molecule has 4 atom stereocenters. The van der Waals surface area contributed by atoms with E-state index in [4.69, 9.17) is 9.47 Å². The van der Waals surface area contributed by atoms with E-state index >= 15 is 0 Å². The quantitative estimate of drug-likeness (QED) is 0.166. The molecule has 1 aromatic heterocycles. The van der Waals surface area contributed by atoms with Crippen molar-refractivity contribution in [1.82, 2.24) is 25.8 Å². The van der Waals surface area contributed by atoms with Gasteiger partial charge in [0.15, 0.2) is 17.6 Å². The van der Waals surface area contributed by atoms with Crippen LogP contribution in [0, 0.1) is 5.92 Å². The van der Waals surface area contributed by atoms with E-state index in [-0.39, 0.29) is 12.1 Å². The van der Waals surface area contributed by atoms with Crippen molar-refractivity contribution in [3.8, 4) is 11.5 Å². The van der Waals surface area contributed by atoms with Crippen molar-refractivity contribution in [2.45, 2.75) is 101 Å². The average Bonchev–Trinajstić information content (AvgIpc) is 3.72. The fraction of sp³-hybridized carbons (Fsp3) is 0.579. The van der Waals surface area contributed by atoms with Crippen LogP contribution in [0.15, 0.2) is 30.3 Å². The first-order valence-corrected chi connectivity index (χ1v) is 18.3. The zero-order valence-electron chi connectivity index (χ0n) is 28.3. The summed E-state index contributed by atoms with van der Waals surface area (Å²) in [5.74, 6) is 1.74. The molecule has 5 aliphatic rings. The van der Waals surface area contributed by atoms with E-state index < -0.39 is 23.2 Å². The minimum atomic E-state index is -1.05. The smallest absolute Gasteiger partial charge is 0.412 e. The first-order valence-electron chi connectivity index (χ1n) is 18.3. The van der Waals surface area contributed by atoms with E-state index in [9.17, 15) is 14.7 Å². The Labute approximate surface area is 282 Å². The number of fused-ring (bicyclic) bond motifs is 4. The van der Waals surface area contributed by atoms with Crippen LogP contribution >= 0.6 is 0 Å². The van der Waals surface area contributed by atoms with Crippen LogP contribution in [0.4, 0.5) is 9.59 Å². The van der Waals surface area contributed by atoms with Crippen molar-refractivity contribution in [2.24, 2.45) is 5.92 Å². The Hall–Kier alpha value is -3.76. The van der Waals surface area contributed by atoms with Crippen LogP contribution < -0.4 is 25.4 Å². The minimum absolute atomic E-state index is 0.0304. The molecule has 8 rings (SSSR count). The number of carbonyl (C=O) groups excluding carboxylic acids is 2. The highest BCUT2D eigenvalue weighted by Crippen LogP contribution is 2.69. The second-order valence-corrected chi connectivity index (χ2v) is 14.8. The molecule has 10 nitrogen and oxygen atoms in total. The molecule has 3 amide bonds. The summed E-state index contributed by atoms with van der Waals surface area (Å²) >= 11 is 0.